The van der Waals surface area contributed by atoms with E-state index in [9.17, 15) is 9.59 Å². The second kappa shape index (κ2) is 8.44. The van der Waals surface area contributed by atoms with Gasteiger partial charge in [0.1, 0.15) is 0 Å². The molecule has 6 heteroatoms. The maximum Gasteiger partial charge on any atom is 0.336 e. The maximum atomic E-state index is 12.6. The molecule has 0 bridgehead atoms. The van der Waals surface area contributed by atoms with E-state index in [1.807, 2.05) is 55.5 Å². The molecule has 0 fully saturated rings. The molecule has 0 aliphatic carbocycles. The Morgan fingerprint density at radius 3 is 1.93 bits per heavy atom. The maximum absolute atomic E-state index is 12.6. The number of carbonyl (C=O) groups is 2. The number of hydrogen-bond acceptors (Lipinski definition) is 5. The minimum atomic E-state index is -0.614. The van der Waals surface area contributed by atoms with Crippen molar-refractivity contribution < 1.29 is 19.1 Å². The summed E-state index contributed by atoms with van der Waals surface area (Å²) in [4.78, 5) is 27.0. The number of hydrogen-bond donors (Lipinski definition) is 0. The molecule has 1 aliphatic heterocycles. The summed E-state index contributed by atoms with van der Waals surface area (Å²) >= 11 is 3.52. The first-order valence-electron chi connectivity index (χ1n) is 8.65. The van der Waals surface area contributed by atoms with Crippen LogP contribution in [-0.4, -0.2) is 26.2 Å². The van der Waals surface area contributed by atoms with Crippen LogP contribution >= 0.6 is 15.9 Å². The molecule has 0 saturated carbocycles. The molecule has 0 saturated heterocycles. The third kappa shape index (κ3) is 3.87. The van der Waals surface area contributed by atoms with Gasteiger partial charge in [-0.2, -0.15) is 0 Å². The van der Waals surface area contributed by atoms with E-state index in [0.29, 0.717) is 11.1 Å². The molecule has 3 rings (SSSR count). The highest BCUT2D eigenvalue weighted by Crippen LogP contribution is 2.41. The molecule has 0 unspecified atom stereocenters. The standard InChI is InChI=1S/C22H20BrNO4/c1-14-8-10-15(11-9-14)24-12-17(21(25)27-2)20(18(13-24)22(26)28-3)16-6-4-5-7-19(16)23/h4-13,20H,1-3H3. The van der Waals surface area contributed by atoms with E-state index in [1.54, 1.807) is 17.3 Å². The molecular formula is C22H20BrNO4. The number of anilines is 1. The molecule has 1 aliphatic rings. The number of methoxy groups -OCH3 is 2. The average Bonchev–Trinajstić information content (AvgIpc) is 2.72. The molecule has 28 heavy (non-hydrogen) atoms. The molecular weight excluding hydrogens is 422 g/mol. The van der Waals surface area contributed by atoms with Gasteiger partial charge in [0.15, 0.2) is 0 Å². The van der Waals surface area contributed by atoms with Crippen molar-refractivity contribution in [2.75, 3.05) is 19.1 Å². The average molecular weight is 442 g/mol. The van der Waals surface area contributed by atoms with Crippen molar-refractivity contribution >= 4 is 33.6 Å². The number of esters is 2. The number of rotatable bonds is 4. The predicted octanol–water partition coefficient (Wildman–Crippen LogP) is 4.48. The SMILES string of the molecule is COC(=O)C1=CN(c2ccc(C)cc2)C=C(C(=O)OC)C1c1ccccc1Br. The molecule has 144 valence electrons. The number of ether oxygens (including phenoxy) is 2. The van der Waals surface area contributed by atoms with E-state index in [1.165, 1.54) is 14.2 Å². The Morgan fingerprint density at radius 2 is 1.43 bits per heavy atom. The van der Waals surface area contributed by atoms with Crippen molar-refractivity contribution in [2.45, 2.75) is 12.8 Å². The van der Waals surface area contributed by atoms with E-state index in [4.69, 9.17) is 9.47 Å². The van der Waals surface area contributed by atoms with Gasteiger partial charge in [-0.25, -0.2) is 9.59 Å². The Morgan fingerprint density at radius 1 is 0.893 bits per heavy atom. The second-order valence-corrected chi connectivity index (χ2v) is 7.20. The highest BCUT2D eigenvalue weighted by atomic mass is 79.9. The van der Waals surface area contributed by atoms with Crippen LogP contribution in [0.15, 0.2) is 76.5 Å². The fraction of sp³-hybridized carbons (Fsp3) is 0.182. The zero-order valence-electron chi connectivity index (χ0n) is 15.8. The smallest absolute Gasteiger partial charge is 0.336 e. The lowest BCUT2D eigenvalue weighted by Crippen LogP contribution is -2.28. The molecule has 0 amide bonds. The van der Waals surface area contributed by atoms with Gasteiger partial charge in [0.05, 0.1) is 31.3 Å². The summed E-state index contributed by atoms with van der Waals surface area (Å²) in [5.41, 5.74) is 3.40. The first-order valence-corrected chi connectivity index (χ1v) is 9.45. The first kappa shape index (κ1) is 19.9. The van der Waals surface area contributed by atoms with Gasteiger partial charge in [-0.05, 0) is 30.7 Å². The van der Waals surface area contributed by atoms with Crippen LogP contribution in [0.5, 0.6) is 0 Å². The lowest BCUT2D eigenvalue weighted by molar-refractivity contribution is -0.137. The van der Waals surface area contributed by atoms with Gasteiger partial charge in [-0.15, -0.1) is 0 Å². The minimum absolute atomic E-state index is 0.345. The molecule has 0 spiro atoms. The highest BCUT2D eigenvalue weighted by molar-refractivity contribution is 9.10. The largest absolute Gasteiger partial charge is 0.466 e. The van der Waals surface area contributed by atoms with Crippen molar-refractivity contribution in [3.63, 3.8) is 0 Å². The molecule has 5 nitrogen and oxygen atoms in total. The fourth-order valence-electron chi connectivity index (χ4n) is 3.14. The summed E-state index contributed by atoms with van der Waals surface area (Å²) < 4.78 is 10.8. The third-order valence-corrected chi connectivity index (χ3v) is 5.29. The van der Waals surface area contributed by atoms with Gasteiger partial charge in [-0.3, -0.25) is 0 Å². The van der Waals surface area contributed by atoms with Crippen molar-refractivity contribution in [3.05, 3.63) is 87.7 Å². The number of aryl methyl sites for hydroxylation is 1. The Balaban J connectivity index is 2.19. The summed E-state index contributed by atoms with van der Waals surface area (Å²) in [6.45, 7) is 1.99. The summed E-state index contributed by atoms with van der Waals surface area (Å²) in [6.07, 6.45) is 3.40. The van der Waals surface area contributed by atoms with Gasteiger partial charge >= 0.3 is 11.9 Å². The monoisotopic (exact) mass is 441 g/mol. The lowest BCUT2D eigenvalue weighted by Gasteiger charge is -2.30. The van der Waals surface area contributed by atoms with E-state index in [0.717, 1.165) is 21.3 Å². The van der Waals surface area contributed by atoms with Gasteiger partial charge < -0.3 is 14.4 Å². The Labute approximate surface area is 172 Å². The quantitative estimate of drug-likeness (QED) is 0.654. The van der Waals surface area contributed by atoms with E-state index in [-0.39, 0.29) is 0 Å². The van der Waals surface area contributed by atoms with Crippen molar-refractivity contribution in [1.82, 2.24) is 0 Å². The molecule has 0 N–H and O–H groups in total. The van der Waals surface area contributed by atoms with E-state index >= 15 is 0 Å². The van der Waals surface area contributed by atoms with Crippen LogP contribution in [0.2, 0.25) is 0 Å². The van der Waals surface area contributed by atoms with Gasteiger partial charge in [-0.1, -0.05) is 51.8 Å². The van der Waals surface area contributed by atoms with Gasteiger partial charge in [0, 0.05) is 22.6 Å². The zero-order valence-corrected chi connectivity index (χ0v) is 17.4. The molecule has 0 aromatic heterocycles. The Kier molecular flexibility index (Phi) is 5.99. The molecule has 0 radical (unpaired) electrons. The zero-order chi connectivity index (χ0) is 20.3. The number of carbonyl (C=O) groups excluding carboxylic acids is 2. The van der Waals surface area contributed by atoms with Crippen LogP contribution in [0.1, 0.15) is 17.0 Å². The number of nitrogens with zero attached hydrogens (tertiary/aromatic N) is 1. The molecule has 2 aromatic carbocycles. The summed E-state index contributed by atoms with van der Waals surface area (Å²) in [6, 6.07) is 15.2. The summed E-state index contributed by atoms with van der Waals surface area (Å²) in [7, 11) is 2.65. The topological polar surface area (TPSA) is 55.8 Å². The summed E-state index contributed by atoms with van der Waals surface area (Å²) in [5.74, 6) is -1.63. The minimum Gasteiger partial charge on any atom is -0.466 e. The normalized spacial score (nSPS) is 14.2. The first-order chi connectivity index (χ1) is 13.5. The Hall–Kier alpha value is -2.86. The predicted molar refractivity (Wildman–Crippen MR) is 111 cm³/mol. The van der Waals surface area contributed by atoms with Gasteiger partial charge in [0.25, 0.3) is 0 Å². The second-order valence-electron chi connectivity index (χ2n) is 6.35. The molecule has 2 aromatic rings. The van der Waals surface area contributed by atoms with Crippen LogP contribution in [0, 0.1) is 6.92 Å². The van der Waals surface area contributed by atoms with E-state index in [2.05, 4.69) is 15.9 Å². The molecule has 0 atom stereocenters. The number of halogens is 1. The van der Waals surface area contributed by atoms with Crippen molar-refractivity contribution in [3.8, 4) is 0 Å². The van der Waals surface area contributed by atoms with Crippen LogP contribution in [-0.2, 0) is 19.1 Å². The van der Waals surface area contributed by atoms with Crippen molar-refractivity contribution in [2.24, 2.45) is 0 Å². The highest BCUT2D eigenvalue weighted by Gasteiger charge is 2.36. The third-order valence-electron chi connectivity index (χ3n) is 4.57. The number of benzene rings is 2. The van der Waals surface area contributed by atoms with Gasteiger partial charge in [0.2, 0.25) is 0 Å². The molecule has 1 heterocycles. The van der Waals surface area contributed by atoms with E-state index < -0.39 is 17.9 Å². The lowest BCUT2D eigenvalue weighted by atomic mass is 9.83. The van der Waals surface area contributed by atoms with Crippen LogP contribution < -0.4 is 4.90 Å². The van der Waals surface area contributed by atoms with Crippen LogP contribution in [0.4, 0.5) is 5.69 Å². The Bertz CT molecular complexity index is 929. The van der Waals surface area contributed by atoms with Crippen molar-refractivity contribution in [1.29, 1.82) is 0 Å². The van der Waals surface area contributed by atoms with Crippen LogP contribution in [0.3, 0.4) is 0 Å². The van der Waals surface area contributed by atoms with Crippen LogP contribution in [0.25, 0.3) is 0 Å². The summed E-state index contributed by atoms with van der Waals surface area (Å²) in [5, 5.41) is 0. The fourth-order valence-corrected chi connectivity index (χ4v) is 3.65.